The van der Waals surface area contributed by atoms with Gasteiger partial charge in [0.1, 0.15) is 11.4 Å². The molecule has 1 aliphatic heterocycles. The number of rotatable bonds is 2. The predicted molar refractivity (Wildman–Crippen MR) is 95.7 cm³/mol. The van der Waals surface area contributed by atoms with Gasteiger partial charge in [-0.3, -0.25) is 0 Å². The maximum atomic E-state index is 12.8. The first-order chi connectivity index (χ1) is 12.1. The summed E-state index contributed by atoms with van der Waals surface area (Å²) in [6, 6.07) is 8.97. The van der Waals surface area contributed by atoms with E-state index in [2.05, 4.69) is 10.3 Å². The van der Waals surface area contributed by atoms with Gasteiger partial charge in [-0.25, -0.2) is 9.78 Å². The summed E-state index contributed by atoms with van der Waals surface area (Å²) in [5.74, 6) is 0.238. The fourth-order valence-electron chi connectivity index (χ4n) is 3.52. The number of urea groups is 1. The van der Waals surface area contributed by atoms with Gasteiger partial charge in [0.25, 0.3) is 0 Å². The molecule has 0 bridgehead atoms. The van der Waals surface area contributed by atoms with Crippen LogP contribution < -0.4 is 5.32 Å². The Hall–Kier alpha value is -3.02. The molecular weight excluding hydrogens is 316 g/mol. The number of imidazole rings is 1. The van der Waals surface area contributed by atoms with E-state index in [-0.39, 0.29) is 17.8 Å². The summed E-state index contributed by atoms with van der Waals surface area (Å²) in [6.07, 6.45) is 7.39. The molecule has 2 aromatic heterocycles. The fourth-order valence-corrected chi connectivity index (χ4v) is 3.52. The molecule has 2 amide bonds. The van der Waals surface area contributed by atoms with Crippen molar-refractivity contribution < 1.29 is 9.90 Å². The number of hydrogen-bond donors (Lipinski definition) is 2. The topological polar surface area (TPSA) is 69.9 Å². The standard InChI is InChI=1S/C19H20N4O2/c1-13-11-15(12-22-10-8-20-18(13)22)21-19(25)23-9-2-3-17(23)14-4-6-16(24)7-5-14/h4-8,10-12,17,24H,2-3,9H2,1H3,(H,21,25). The van der Waals surface area contributed by atoms with Gasteiger partial charge in [0.15, 0.2) is 0 Å². The minimum Gasteiger partial charge on any atom is -0.508 e. The van der Waals surface area contributed by atoms with Crippen LogP contribution in [0.4, 0.5) is 10.5 Å². The molecule has 0 aliphatic carbocycles. The molecule has 0 radical (unpaired) electrons. The Balaban J connectivity index is 1.55. The number of pyridine rings is 1. The molecule has 3 heterocycles. The number of fused-ring (bicyclic) bond motifs is 1. The van der Waals surface area contributed by atoms with Crippen molar-refractivity contribution in [2.24, 2.45) is 0 Å². The molecule has 3 aromatic rings. The summed E-state index contributed by atoms with van der Waals surface area (Å²) >= 11 is 0. The number of phenolic OH excluding ortho intramolecular Hbond substituents is 1. The van der Waals surface area contributed by atoms with Crippen LogP contribution in [0, 0.1) is 6.92 Å². The lowest BCUT2D eigenvalue weighted by Crippen LogP contribution is -2.34. The Bertz CT molecular complexity index is 917. The Labute approximate surface area is 145 Å². The number of aromatic hydroxyl groups is 1. The number of nitrogens with zero attached hydrogens (tertiary/aromatic N) is 3. The second-order valence-electron chi connectivity index (χ2n) is 6.44. The first-order valence-electron chi connectivity index (χ1n) is 8.42. The number of anilines is 1. The summed E-state index contributed by atoms with van der Waals surface area (Å²) in [4.78, 5) is 18.9. The lowest BCUT2D eigenvalue weighted by atomic mass is 10.0. The Morgan fingerprint density at radius 2 is 2.12 bits per heavy atom. The van der Waals surface area contributed by atoms with Crippen molar-refractivity contribution in [1.29, 1.82) is 0 Å². The van der Waals surface area contributed by atoms with Gasteiger partial charge >= 0.3 is 6.03 Å². The van der Waals surface area contributed by atoms with Gasteiger partial charge in [0.05, 0.1) is 11.7 Å². The van der Waals surface area contributed by atoms with Crippen molar-refractivity contribution in [3.63, 3.8) is 0 Å². The van der Waals surface area contributed by atoms with Crippen molar-refractivity contribution in [2.75, 3.05) is 11.9 Å². The van der Waals surface area contributed by atoms with Gasteiger partial charge in [-0.1, -0.05) is 12.1 Å². The molecule has 1 aliphatic rings. The SMILES string of the molecule is Cc1cc(NC(=O)N2CCCC2c2ccc(O)cc2)cn2ccnc12. The normalized spacial score (nSPS) is 17.2. The molecule has 1 unspecified atom stereocenters. The van der Waals surface area contributed by atoms with Crippen LogP contribution in [0.3, 0.4) is 0 Å². The van der Waals surface area contributed by atoms with Crippen LogP contribution in [0.1, 0.15) is 30.0 Å². The molecule has 1 atom stereocenters. The Morgan fingerprint density at radius 3 is 2.92 bits per heavy atom. The molecule has 6 nitrogen and oxygen atoms in total. The number of nitrogens with one attached hydrogen (secondary N) is 1. The molecule has 1 saturated heterocycles. The fraction of sp³-hybridized carbons (Fsp3) is 0.263. The number of aromatic nitrogens is 2. The minimum atomic E-state index is -0.102. The van der Waals surface area contributed by atoms with Crippen molar-refractivity contribution in [2.45, 2.75) is 25.8 Å². The average Bonchev–Trinajstić information content (AvgIpc) is 3.24. The monoisotopic (exact) mass is 336 g/mol. The lowest BCUT2D eigenvalue weighted by Gasteiger charge is -2.25. The summed E-state index contributed by atoms with van der Waals surface area (Å²) in [5, 5.41) is 12.5. The van der Waals surface area contributed by atoms with Gasteiger partial charge < -0.3 is 19.7 Å². The summed E-state index contributed by atoms with van der Waals surface area (Å²) in [7, 11) is 0. The van der Waals surface area contributed by atoms with E-state index in [0.29, 0.717) is 0 Å². The van der Waals surface area contributed by atoms with Crippen LogP contribution in [0.5, 0.6) is 5.75 Å². The molecule has 1 fully saturated rings. The van der Waals surface area contributed by atoms with E-state index in [1.54, 1.807) is 18.3 Å². The highest BCUT2D eigenvalue weighted by molar-refractivity contribution is 5.90. The summed E-state index contributed by atoms with van der Waals surface area (Å²) in [6.45, 7) is 2.71. The summed E-state index contributed by atoms with van der Waals surface area (Å²) < 4.78 is 1.91. The molecule has 0 saturated carbocycles. The van der Waals surface area contributed by atoms with Crippen molar-refractivity contribution in [1.82, 2.24) is 14.3 Å². The molecule has 0 spiro atoms. The zero-order chi connectivity index (χ0) is 17.4. The van der Waals surface area contributed by atoms with Crippen LogP contribution in [0.25, 0.3) is 5.65 Å². The minimum absolute atomic E-state index is 0.0404. The van der Waals surface area contributed by atoms with E-state index in [1.807, 2.05) is 46.8 Å². The number of phenols is 1. The molecule has 4 rings (SSSR count). The summed E-state index contributed by atoms with van der Waals surface area (Å²) in [5.41, 5.74) is 3.71. The van der Waals surface area contributed by atoms with E-state index in [0.717, 1.165) is 41.8 Å². The Morgan fingerprint density at radius 1 is 1.32 bits per heavy atom. The molecule has 25 heavy (non-hydrogen) atoms. The van der Waals surface area contributed by atoms with E-state index in [4.69, 9.17) is 0 Å². The number of aryl methyl sites for hydroxylation is 1. The quantitative estimate of drug-likeness (QED) is 0.749. The van der Waals surface area contributed by atoms with Crippen LogP contribution in [-0.2, 0) is 0 Å². The third kappa shape index (κ3) is 2.91. The number of carbonyl (C=O) groups excluding carboxylic acids is 1. The van der Waals surface area contributed by atoms with E-state index < -0.39 is 0 Å². The van der Waals surface area contributed by atoms with E-state index >= 15 is 0 Å². The number of amides is 2. The predicted octanol–water partition coefficient (Wildman–Crippen LogP) is 3.72. The van der Waals surface area contributed by atoms with Crippen LogP contribution in [-0.4, -0.2) is 32.0 Å². The molecule has 128 valence electrons. The highest BCUT2D eigenvalue weighted by atomic mass is 16.3. The smallest absolute Gasteiger partial charge is 0.322 e. The van der Waals surface area contributed by atoms with Crippen LogP contribution >= 0.6 is 0 Å². The van der Waals surface area contributed by atoms with Crippen molar-refractivity contribution in [3.8, 4) is 5.75 Å². The zero-order valence-electron chi connectivity index (χ0n) is 14.0. The highest BCUT2D eigenvalue weighted by Gasteiger charge is 2.30. The maximum absolute atomic E-state index is 12.8. The van der Waals surface area contributed by atoms with Gasteiger partial charge in [0, 0.05) is 25.1 Å². The van der Waals surface area contributed by atoms with Gasteiger partial charge in [-0.05, 0) is 49.1 Å². The van der Waals surface area contributed by atoms with Gasteiger partial charge in [-0.2, -0.15) is 0 Å². The second-order valence-corrected chi connectivity index (χ2v) is 6.44. The third-order valence-electron chi connectivity index (χ3n) is 4.71. The largest absolute Gasteiger partial charge is 0.508 e. The Kier molecular flexibility index (Phi) is 3.80. The van der Waals surface area contributed by atoms with Crippen molar-refractivity contribution >= 4 is 17.4 Å². The zero-order valence-corrected chi connectivity index (χ0v) is 14.0. The average molecular weight is 336 g/mol. The van der Waals surface area contributed by atoms with Crippen molar-refractivity contribution in [3.05, 3.63) is 60.0 Å². The second kappa shape index (κ2) is 6.12. The van der Waals surface area contributed by atoms with E-state index in [1.165, 1.54) is 0 Å². The molecular formula is C19H20N4O2. The first kappa shape index (κ1) is 15.5. The maximum Gasteiger partial charge on any atom is 0.322 e. The van der Waals surface area contributed by atoms with Crippen LogP contribution in [0.15, 0.2) is 48.9 Å². The van der Waals surface area contributed by atoms with Crippen LogP contribution in [0.2, 0.25) is 0 Å². The number of benzene rings is 1. The lowest BCUT2D eigenvalue weighted by molar-refractivity contribution is 0.207. The van der Waals surface area contributed by atoms with Gasteiger partial charge in [-0.15, -0.1) is 0 Å². The molecule has 6 heteroatoms. The van der Waals surface area contributed by atoms with E-state index in [9.17, 15) is 9.90 Å². The highest BCUT2D eigenvalue weighted by Crippen LogP contribution is 2.33. The van der Waals surface area contributed by atoms with Gasteiger partial charge in [0.2, 0.25) is 0 Å². The number of hydrogen-bond acceptors (Lipinski definition) is 3. The first-order valence-corrected chi connectivity index (χ1v) is 8.42. The molecule has 2 N–H and O–H groups in total. The molecule has 1 aromatic carbocycles. The third-order valence-corrected chi connectivity index (χ3v) is 4.71. The number of carbonyl (C=O) groups is 1. The number of likely N-dealkylation sites (tertiary alicyclic amines) is 1.